The Morgan fingerprint density at radius 2 is 2.29 bits per heavy atom. The third kappa shape index (κ3) is 3.86. The van der Waals surface area contributed by atoms with Crippen LogP contribution in [0.3, 0.4) is 0 Å². The second-order valence-corrected chi connectivity index (χ2v) is 6.72. The summed E-state index contributed by atoms with van der Waals surface area (Å²) in [6, 6.07) is 0.702. The molecule has 0 aliphatic carbocycles. The minimum atomic E-state index is 0.148. The molecule has 0 spiro atoms. The Balaban J connectivity index is 2.21. The summed E-state index contributed by atoms with van der Waals surface area (Å²) >= 11 is 3.65. The predicted molar refractivity (Wildman–Crippen MR) is 88.5 cm³/mol. The van der Waals surface area contributed by atoms with E-state index >= 15 is 0 Å². The van der Waals surface area contributed by atoms with E-state index < -0.39 is 0 Å². The van der Waals surface area contributed by atoms with Gasteiger partial charge in [0.1, 0.15) is 0 Å². The zero-order valence-corrected chi connectivity index (χ0v) is 15.1. The van der Waals surface area contributed by atoms with Crippen LogP contribution in [0, 0.1) is 0 Å². The number of morpholine rings is 1. The predicted octanol–water partition coefficient (Wildman–Crippen LogP) is 2.43. The zero-order chi connectivity index (χ0) is 15.4. The molecule has 1 aromatic rings. The maximum absolute atomic E-state index is 6.06. The molecule has 0 radical (unpaired) electrons. The van der Waals surface area contributed by atoms with Gasteiger partial charge in [0.2, 0.25) is 0 Å². The SMILES string of the molecule is CCCn1ncc(Br)c1C(NC)C1CN(C(C)C)CCO1. The van der Waals surface area contributed by atoms with Crippen molar-refractivity contribution < 1.29 is 4.74 Å². The average molecular weight is 359 g/mol. The molecule has 21 heavy (non-hydrogen) atoms. The minimum absolute atomic E-state index is 0.148. The summed E-state index contributed by atoms with van der Waals surface area (Å²) in [7, 11) is 2.00. The van der Waals surface area contributed by atoms with Gasteiger partial charge in [-0.1, -0.05) is 6.92 Å². The molecule has 1 aliphatic rings. The third-order valence-corrected chi connectivity index (χ3v) is 4.71. The Bertz CT molecular complexity index is 449. The number of aromatic nitrogens is 2. The number of halogens is 1. The van der Waals surface area contributed by atoms with Gasteiger partial charge in [0.15, 0.2) is 0 Å². The second-order valence-electron chi connectivity index (χ2n) is 5.87. The Morgan fingerprint density at radius 1 is 1.52 bits per heavy atom. The van der Waals surface area contributed by atoms with Gasteiger partial charge in [0.05, 0.1) is 35.1 Å². The Kier molecular flexibility index (Phi) is 6.22. The van der Waals surface area contributed by atoms with Crippen LogP contribution in [-0.2, 0) is 11.3 Å². The van der Waals surface area contributed by atoms with Crippen molar-refractivity contribution in [1.29, 1.82) is 0 Å². The van der Waals surface area contributed by atoms with E-state index in [9.17, 15) is 0 Å². The van der Waals surface area contributed by atoms with E-state index in [1.54, 1.807) is 0 Å². The number of hydrogen-bond acceptors (Lipinski definition) is 4. The first-order chi connectivity index (χ1) is 10.1. The molecule has 0 amide bonds. The lowest BCUT2D eigenvalue weighted by Gasteiger charge is -2.39. The summed E-state index contributed by atoms with van der Waals surface area (Å²) in [6.45, 7) is 10.3. The van der Waals surface area contributed by atoms with Gasteiger partial charge in [-0.05, 0) is 43.2 Å². The number of ether oxygens (including phenoxy) is 1. The first-order valence-electron chi connectivity index (χ1n) is 7.82. The Morgan fingerprint density at radius 3 is 2.90 bits per heavy atom. The lowest BCUT2D eigenvalue weighted by Crippen LogP contribution is -2.50. The number of likely N-dealkylation sites (N-methyl/N-ethyl adjacent to an activating group) is 1. The quantitative estimate of drug-likeness (QED) is 0.847. The molecule has 1 N–H and O–H groups in total. The summed E-state index contributed by atoms with van der Waals surface area (Å²) in [6.07, 6.45) is 3.11. The fourth-order valence-electron chi connectivity index (χ4n) is 2.94. The molecule has 1 aromatic heterocycles. The first kappa shape index (κ1) is 16.9. The van der Waals surface area contributed by atoms with E-state index in [0.717, 1.165) is 37.1 Å². The molecule has 2 atom stereocenters. The van der Waals surface area contributed by atoms with Crippen molar-refractivity contribution in [3.05, 3.63) is 16.4 Å². The van der Waals surface area contributed by atoms with Crippen LogP contribution < -0.4 is 5.32 Å². The zero-order valence-electron chi connectivity index (χ0n) is 13.5. The normalized spacial score (nSPS) is 21.9. The van der Waals surface area contributed by atoms with E-state index in [2.05, 4.69) is 56.7 Å². The number of hydrogen-bond donors (Lipinski definition) is 1. The molecule has 0 bridgehead atoms. The van der Waals surface area contributed by atoms with Crippen molar-refractivity contribution in [3.63, 3.8) is 0 Å². The van der Waals surface area contributed by atoms with E-state index in [0.29, 0.717) is 6.04 Å². The van der Waals surface area contributed by atoms with Gasteiger partial charge in [-0.25, -0.2) is 0 Å². The largest absolute Gasteiger partial charge is 0.374 e. The van der Waals surface area contributed by atoms with Gasteiger partial charge in [-0.15, -0.1) is 0 Å². The summed E-state index contributed by atoms with van der Waals surface area (Å²) in [5, 5.41) is 7.91. The highest BCUT2D eigenvalue weighted by Gasteiger charge is 2.32. The molecule has 2 unspecified atom stereocenters. The second kappa shape index (κ2) is 7.72. The van der Waals surface area contributed by atoms with Gasteiger partial charge in [0.25, 0.3) is 0 Å². The highest BCUT2D eigenvalue weighted by Crippen LogP contribution is 2.29. The van der Waals surface area contributed by atoms with Crippen molar-refractivity contribution in [2.24, 2.45) is 0 Å². The average Bonchev–Trinajstić information content (AvgIpc) is 2.82. The van der Waals surface area contributed by atoms with E-state index in [-0.39, 0.29) is 12.1 Å². The highest BCUT2D eigenvalue weighted by molar-refractivity contribution is 9.10. The fraction of sp³-hybridized carbons (Fsp3) is 0.800. The Hall–Kier alpha value is -0.430. The van der Waals surface area contributed by atoms with Gasteiger partial charge in [0, 0.05) is 25.7 Å². The lowest BCUT2D eigenvalue weighted by molar-refractivity contribution is -0.0563. The van der Waals surface area contributed by atoms with Gasteiger partial charge >= 0.3 is 0 Å². The summed E-state index contributed by atoms with van der Waals surface area (Å²) < 4.78 is 9.20. The van der Waals surface area contributed by atoms with Crippen molar-refractivity contribution in [3.8, 4) is 0 Å². The van der Waals surface area contributed by atoms with Crippen LogP contribution in [0.25, 0.3) is 0 Å². The van der Waals surface area contributed by atoms with Crippen LogP contribution in [0.2, 0.25) is 0 Å². The molecule has 1 aliphatic heterocycles. The summed E-state index contributed by atoms with van der Waals surface area (Å²) in [5.41, 5.74) is 1.19. The van der Waals surface area contributed by atoms with E-state index in [4.69, 9.17) is 4.74 Å². The van der Waals surface area contributed by atoms with Crippen molar-refractivity contribution in [2.75, 3.05) is 26.7 Å². The van der Waals surface area contributed by atoms with Crippen molar-refractivity contribution in [2.45, 2.75) is 51.9 Å². The molecular weight excluding hydrogens is 332 g/mol. The van der Waals surface area contributed by atoms with Crippen LogP contribution in [0.15, 0.2) is 10.7 Å². The molecule has 2 rings (SSSR count). The number of nitrogens with one attached hydrogen (secondary N) is 1. The van der Waals surface area contributed by atoms with Crippen LogP contribution in [0.4, 0.5) is 0 Å². The third-order valence-electron chi connectivity index (χ3n) is 4.10. The monoisotopic (exact) mass is 358 g/mol. The molecule has 0 aromatic carbocycles. The smallest absolute Gasteiger partial charge is 0.0912 e. The van der Waals surface area contributed by atoms with Gasteiger partial charge < -0.3 is 10.1 Å². The van der Waals surface area contributed by atoms with Crippen LogP contribution in [0.1, 0.15) is 38.9 Å². The standard InChI is InChI=1S/C15H27BrN4O/c1-5-6-20-15(12(16)9-18-20)14(17-4)13-10-19(11(2)3)7-8-21-13/h9,11,13-14,17H,5-8,10H2,1-4H3. The van der Waals surface area contributed by atoms with Crippen molar-refractivity contribution in [1.82, 2.24) is 20.0 Å². The van der Waals surface area contributed by atoms with Crippen molar-refractivity contribution >= 4 is 15.9 Å². The maximum Gasteiger partial charge on any atom is 0.0912 e. The fourth-order valence-corrected chi connectivity index (χ4v) is 3.48. The van der Waals surface area contributed by atoms with Crippen LogP contribution in [-0.4, -0.2) is 53.6 Å². The lowest BCUT2D eigenvalue weighted by atomic mass is 10.0. The number of nitrogens with zero attached hydrogens (tertiary/aromatic N) is 3. The van der Waals surface area contributed by atoms with Crippen LogP contribution >= 0.6 is 15.9 Å². The molecule has 6 heteroatoms. The first-order valence-corrected chi connectivity index (χ1v) is 8.61. The van der Waals surface area contributed by atoms with E-state index in [1.165, 1.54) is 5.69 Å². The summed E-state index contributed by atoms with van der Waals surface area (Å²) in [4.78, 5) is 2.48. The van der Waals surface area contributed by atoms with Gasteiger partial charge in [-0.2, -0.15) is 5.10 Å². The maximum atomic E-state index is 6.06. The van der Waals surface area contributed by atoms with Gasteiger partial charge in [-0.3, -0.25) is 9.58 Å². The number of aryl methyl sites for hydroxylation is 1. The van der Waals surface area contributed by atoms with Crippen LogP contribution in [0.5, 0.6) is 0 Å². The molecule has 0 saturated carbocycles. The molecule has 1 saturated heterocycles. The molecule has 5 nitrogen and oxygen atoms in total. The molecule has 1 fully saturated rings. The topological polar surface area (TPSA) is 42.3 Å². The highest BCUT2D eigenvalue weighted by atomic mass is 79.9. The molecular formula is C15H27BrN4O. The number of rotatable bonds is 6. The molecule has 120 valence electrons. The van der Waals surface area contributed by atoms with E-state index in [1.807, 2.05) is 13.2 Å². The Labute approximate surface area is 136 Å². The molecule has 2 heterocycles. The minimum Gasteiger partial charge on any atom is -0.374 e. The summed E-state index contributed by atoms with van der Waals surface area (Å²) in [5.74, 6) is 0.